The van der Waals surface area contributed by atoms with E-state index in [9.17, 15) is 44.0 Å². The zero-order valence-corrected chi connectivity index (χ0v) is 23.8. The number of carbonyl (C=O) groups is 4. The Hall–Kier alpha value is -3.07. The van der Waals surface area contributed by atoms with Crippen molar-refractivity contribution in [2.75, 3.05) is 77.5 Å². The molecule has 0 spiro atoms. The number of carboxylic acid groups (broad SMARTS) is 4. The van der Waals surface area contributed by atoms with Crippen LogP contribution in [0.2, 0.25) is 0 Å². The molecule has 0 saturated carbocycles. The van der Waals surface area contributed by atoms with Gasteiger partial charge in [0.25, 0.3) is 0 Å². The number of nitrogens with two attached hydrogens (primary N) is 1. The highest BCUT2D eigenvalue weighted by atomic mass is 31.2. The summed E-state index contributed by atoms with van der Waals surface area (Å²) in [7, 11) is -3.73. The largest absolute Gasteiger partial charge is 0.481 e. The van der Waals surface area contributed by atoms with Crippen LogP contribution in [0.5, 0.6) is 0 Å². The Balaban J connectivity index is 2.26. The fraction of sp³-hybridized carbons (Fsp3) is 0.600. The molecule has 1 fully saturated rings. The maximum Gasteiger partial charge on any atom is 0.320 e. The van der Waals surface area contributed by atoms with E-state index in [1.807, 2.05) is 0 Å². The molecule has 0 aromatic heterocycles. The molecule has 1 aromatic carbocycles. The summed E-state index contributed by atoms with van der Waals surface area (Å²) in [6.45, 7) is 0.576. The van der Waals surface area contributed by atoms with Crippen molar-refractivity contribution in [2.45, 2.75) is 25.0 Å². The zero-order valence-electron chi connectivity index (χ0n) is 22.9. The molecular formula is C25H40N5O10P. The molecule has 1 aliphatic rings. The van der Waals surface area contributed by atoms with Crippen LogP contribution in [-0.2, 0) is 29.9 Å². The monoisotopic (exact) mass is 601 g/mol. The lowest BCUT2D eigenvalue weighted by Gasteiger charge is -2.35. The SMILES string of the molecule is Nc1ccc(CP(=O)(O)CN2CCN(CC(=O)O)CCN(C(CCC(=O)O)C(=O)O)CCN(CC(=O)O)CC2)cc1. The van der Waals surface area contributed by atoms with Crippen LogP contribution in [0.25, 0.3) is 0 Å². The van der Waals surface area contributed by atoms with Crippen LogP contribution in [0.1, 0.15) is 18.4 Å². The highest BCUT2D eigenvalue weighted by Crippen LogP contribution is 2.45. The number of benzene rings is 1. The summed E-state index contributed by atoms with van der Waals surface area (Å²) in [5.74, 6) is -4.57. The van der Waals surface area contributed by atoms with Gasteiger partial charge in [0.15, 0.2) is 0 Å². The first-order valence-electron chi connectivity index (χ1n) is 13.2. The molecule has 1 saturated heterocycles. The predicted octanol–water partition coefficient (Wildman–Crippen LogP) is -0.294. The van der Waals surface area contributed by atoms with E-state index >= 15 is 0 Å². The number of carboxylic acids is 4. The second-order valence-electron chi connectivity index (χ2n) is 10.2. The van der Waals surface area contributed by atoms with Gasteiger partial charge < -0.3 is 31.1 Å². The molecular weight excluding hydrogens is 561 g/mol. The lowest BCUT2D eigenvalue weighted by atomic mass is 10.1. The fourth-order valence-electron chi connectivity index (χ4n) is 4.70. The van der Waals surface area contributed by atoms with Gasteiger partial charge in [-0.2, -0.15) is 0 Å². The van der Waals surface area contributed by atoms with E-state index in [0.29, 0.717) is 11.3 Å². The Bertz CT molecular complexity index is 1060. The minimum atomic E-state index is -3.73. The second-order valence-corrected chi connectivity index (χ2v) is 12.5. The molecule has 16 heteroatoms. The third-order valence-electron chi connectivity index (χ3n) is 6.78. The summed E-state index contributed by atoms with van der Waals surface area (Å²) >= 11 is 0. The van der Waals surface area contributed by atoms with Gasteiger partial charge in [-0.1, -0.05) is 12.1 Å². The number of nitrogen functional groups attached to an aromatic ring is 1. The van der Waals surface area contributed by atoms with Crippen LogP contribution in [0.15, 0.2) is 24.3 Å². The smallest absolute Gasteiger partial charge is 0.320 e. The molecule has 7 N–H and O–H groups in total. The average molecular weight is 602 g/mol. The highest BCUT2D eigenvalue weighted by molar-refractivity contribution is 7.57. The van der Waals surface area contributed by atoms with Gasteiger partial charge in [0.1, 0.15) is 6.04 Å². The van der Waals surface area contributed by atoms with Gasteiger partial charge in [0.05, 0.1) is 25.5 Å². The number of hydrogen-bond donors (Lipinski definition) is 6. The predicted molar refractivity (Wildman–Crippen MR) is 149 cm³/mol. The van der Waals surface area contributed by atoms with Gasteiger partial charge in [-0.25, -0.2) is 0 Å². The Labute approximate surface area is 238 Å². The fourth-order valence-corrected chi connectivity index (χ4v) is 6.49. The third kappa shape index (κ3) is 13.4. The first-order valence-corrected chi connectivity index (χ1v) is 15.2. The van der Waals surface area contributed by atoms with Crippen LogP contribution in [-0.4, -0.2) is 147 Å². The van der Waals surface area contributed by atoms with E-state index in [2.05, 4.69) is 0 Å². The summed E-state index contributed by atoms with van der Waals surface area (Å²) < 4.78 is 13.2. The van der Waals surface area contributed by atoms with E-state index in [0.717, 1.165) is 0 Å². The summed E-state index contributed by atoms with van der Waals surface area (Å²) in [5, 5.41) is 37.7. The number of nitrogens with zero attached hydrogens (tertiary/aromatic N) is 4. The molecule has 0 bridgehead atoms. The minimum absolute atomic E-state index is 0.0939. The average Bonchev–Trinajstić information content (AvgIpc) is 2.85. The van der Waals surface area contributed by atoms with Gasteiger partial charge in [-0.15, -0.1) is 0 Å². The molecule has 0 radical (unpaired) electrons. The van der Waals surface area contributed by atoms with Gasteiger partial charge >= 0.3 is 23.9 Å². The number of hydrogen-bond acceptors (Lipinski definition) is 10. The van der Waals surface area contributed by atoms with Crippen molar-refractivity contribution in [2.24, 2.45) is 0 Å². The Kier molecular flexibility index (Phi) is 13.6. The third-order valence-corrected chi connectivity index (χ3v) is 8.48. The Morgan fingerprint density at radius 2 is 1.22 bits per heavy atom. The Morgan fingerprint density at radius 3 is 1.66 bits per heavy atom. The van der Waals surface area contributed by atoms with Gasteiger partial charge in [0, 0.05) is 64.5 Å². The molecule has 1 aromatic rings. The van der Waals surface area contributed by atoms with E-state index in [4.69, 9.17) is 10.8 Å². The molecule has 2 unspecified atom stereocenters. The van der Waals surface area contributed by atoms with Gasteiger partial charge in [0.2, 0.25) is 7.37 Å². The summed E-state index contributed by atoms with van der Waals surface area (Å²) in [6.07, 6.45) is -0.835. The lowest BCUT2D eigenvalue weighted by molar-refractivity contribution is -0.146. The number of aliphatic carboxylic acids is 4. The molecule has 0 amide bonds. The van der Waals surface area contributed by atoms with Crippen LogP contribution >= 0.6 is 7.37 Å². The first-order chi connectivity index (χ1) is 19.2. The normalized spacial score (nSPS) is 19.3. The van der Waals surface area contributed by atoms with Crippen LogP contribution in [0.3, 0.4) is 0 Å². The molecule has 1 heterocycles. The quantitative estimate of drug-likeness (QED) is 0.126. The van der Waals surface area contributed by atoms with Gasteiger partial charge in [-0.05, 0) is 24.1 Å². The van der Waals surface area contributed by atoms with E-state index < -0.39 is 37.3 Å². The summed E-state index contributed by atoms with van der Waals surface area (Å²) in [6, 6.07) is 5.46. The first kappa shape index (κ1) is 34.1. The Morgan fingerprint density at radius 1 is 0.756 bits per heavy atom. The highest BCUT2D eigenvalue weighted by Gasteiger charge is 2.29. The topological polar surface area (TPSA) is 225 Å². The molecule has 0 aliphatic carbocycles. The molecule has 2 atom stereocenters. The van der Waals surface area contributed by atoms with E-state index in [1.165, 1.54) is 0 Å². The minimum Gasteiger partial charge on any atom is -0.481 e. The second kappa shape index (κ2) is 16.4. The molecule has 1 aliphatic heterocycles. The van der Waals surface area contributed by atoms with Crippen molar-refractivity contribution in [1.29, 1.82) is 0 Å². The van der Waals surface area contributed by atoms with Crippen LogP contribution < -0.4 is 5.73 Å². The van der Waals surface area contributed by atoms with Crippen molar-refractivity contribution < 1.29 is 49.1 Å². The number of anilines is 1. The summed E-state index contributed by atoms with van der Waals surface area (Å²) in [4.78, 5) is 63.5. The van der Waals surface area contributed by atoms with Crippen molar-refractivity contribution in [1.82, 2.24) is 19.6 Å². The molecule has 230 valence electrons. The zero-order chi connectivity index (χ0) is 30.6. The van der Waals surface area contributed by atoms with E-state index in [-0.39, 0.29) is 90.7 Å². The van der Waals surface area contributed by atoms with Crippen LogP contribution in [0, 0.1) is 0 Å². The van der Waals surface area contributed by atoms with Crippen molar-refractivity contribution in [3.05, 3.63) is 29.8 Å². The lowest BCUT2D eigenvalue weighted by Crippen LogP contribution is -2.51. The van der Waals surface area contributed by atoms with Crippen molar-refractivity contribution in [3.8, 4) is 0 Å². The maximum atomic E-state index is 13.2. The van der Waals surface area contributed by atoms with Crippen LogP contribution in [0.4, 0.5) is 5.69 Å². The van der Waals surface area contributed by atoms with Crippen molar-refractivity contribution >= 4 is 36.9 Å². The molecule has 15 nitrogen and oxygen atoms in total. The van der Waals surface area contributed by atoms with Crippen molar-refractivity contribution in [3.63, 3.8) is 0 Å². The van der Waals surface area contributed by atoms with E-state index in [1.54, 1.807) is 43.9 Å². The number of rotatable bonds is 13. The van der Waals surface area contributed by atoms with Gasteiger partial charge in [-0.3, -0.25) is 43.3 Å². The standard InChI is InChI=1S/C25H40N5O10P/c26-20-3-1-19(2-4-20)17-41(39,40)18-29-9-7-27(15-23(33)34)11-13-30(21(25(37)38)5-6-22(31)32)14-12-28(8-10-29)16-24(35)36/h1-4,21H,5-18,26H2,(H,31,32)(H,33,34)(H,35,36)(H,37,38)(H,39,40). The molecule has 2 rings (SSSR count). The molecule has 41 heavy (non-hydrogen) atoms. The summed E-state index contributed by atoms with van der Waals surface area (Å²) in [5.41, 5.74) is 6.86. The maximum absolute atomic E-state index is 13.2.